The minimum Gasteiger partial charge on any atom is -0.480 e. The maximum absolute atomic E-state index is 11.1. The van der Waals surface area contributed by atoms with Gasteiger partial charge in [-0.25, -0.2) is 0 Å². The molecule has 1 aliphatic rings. The molecule has 0 heterocycles. The van der Waals surface area contributed by atoms with Gasteiger partial charge in [0.2, 0.25) is 5.91 Å². The number of nitrogens with two attached hydrogens (primary N) is 1. The van der Waals surface area contributed by atoms with Gasteiger partial charge in [-0.05, 0) is 19.3 Å². The van der Waals surface area contributed by atoms with Crippen molar-refractivity contribution >= 4 is 27.8 Å². The Bertz CT molecular complexity index is 254. The Morgan fingerprint density at radius 1 is 1.50 bits per heavy atom. The second-order valence-electron chi connectivity index (χ2n) is 3.58. The summed E-state index contributed by atoms with van der Waals surface area (Å²) in [6.07, 6.45) is -0.360. The predicted octanol–water partition coefficient (Wildman–Crippen LogP) is -0.149. The van der Waals surface area contributed by atoms with E-state index in [4.69, 9.17) is 10.8 Å². The van der Waals surface area contributed by atoms with Crippen molar-refractivity contribution in [2.45, 2.75) is 30.2 Å². The normalized spacial score (nSPS) is 37.9. The van der Waals surface area contributed by atoms with Crippen LogP contribution >= 0.6 is 15.9 Å². The van der Waals surface area contributed by atoms with Gasteiger partial charge < -0.3 is 15.9 Å². The maximum Gasteiger partial charge on any atom is 0.319 e. The average Bonchev–Trinajstić information content (AvgIpc) is 2.09. The third-order valence-electron chi connectivity index (χ3n) is 2.70. The van der Waals surface area contributed by atoms with Crippen molar-refractivity contribution in [2.24, 2.45) is 11.1 Å². The lowest BCUT2D eigenvalue weighted by Gasteiger charge is -2.35. The van der Waals surface area contributed by atoms with Crippen molar-refractivity contribution in [2.75, 3.05) is 0 Å². The number of amides is 1. The summed E-state index contributed by atoms with van der Waals surface area (Å²) in [7, 11) is 0. The number of carbonyl (C=O) groups is 2. The van der Waals surface area contributed by atoms with Crippen molar-refractivity contribution in [3.63, 3.8) is 0 Å². The summed E-state index contributed by atoms with van der Waals surface area (Å²) in [5.41, 5.74) is 3.47. The molecule has 1 amide bonds. The molecule has 0 unspecified atom stereocenters. The van der Waals surface area contributed by atoms with E-state index in [0.717, 1.165) is 0 Å². The summed E-state index contributed by atoms with van der Waals surface area (Å²) >= 11 is 3.21. The van der Waals surface area contributed by atoms with E-state index >= 15 is 0 Å². The monoisotopic (exact) mass is 265 g/mol. The number of hydrogen-bond donors (Lipinski definition) is 3. The van der Waals surface area contributed by atoms with Crippen LogP contribution in [0.15, 0.2) is 0 Å². The first-order valence-corrected chi connectivity index (χ1v) is 5.17. The minimum absolute atomic E-state index is 0.117. The molecular formula is C8H12BrNO4. The highest BCUT2D eigenvalue weighted by molar-refractivity contribution is 9.09. The molecule has 1 aliphatic carbocycles. The lowest BCUT2D eigenvalue weighted by molar-refractivity contribution is -0.159. The zero-order chi connectivity index (χ0) is 10.9. The van der Waals surface area contributed by atoms with Crippen LogP contribution in [0.5, 0.6) is 0 Å². The summed E-state index contributed by atoms with van der Waals surface area (Å²) < 4.78 is 0. The summed E-state index contributed by atoms with van der Waals surface area (Å²) in [5, 5.41) is 18.4. The van der Waals surface area contributed by atoms with E-state index in [-0.39, 0.29) is 17.7 Å². The lowest BCUT2D eigenvalue weighted by Crippen LogP contribution is -2.50. The standard InChI is InChI=1S/C8H12BrNO4/c9-4-1-2-8(6(10)12,7(13)14)3-5(4)11/h4-5,11H,1-3H2,(H2,10,12)(H,13,14)/t4-,5+,8+/m1/s1. The first-order valence-electron chi connectivity index (χ1n) is 4.25. The molecule has 3 atom stereocenters. The third kappa shape index (κ3) is 1.76. The third-order valence-corrected chi connectivity index (χ3v) is 3.77. The Morgan fingerprint density at radius 2 is 2.07 bits per heavy atom. The average molecular weight is 266 g/mol. The Kier molecular flexibility index (Phi) is 3.16. The smallest absolute Gasteiger partial charge is 0.319 e. The Labute approximate surface area is 89.4 Å². The van der Waals surface area contributed by atoms with E-state index < -0.39 is 23.4 Å². The van der Waals surface area contributed by atoms with Gasteiger partial charge in [0, 0.05) is 4.83 Å². The molecule has 0 bridgehead atoms. The van der Waals surface area contributed by atoms with Crippen LogP contribution in [-0.4, -0.2) is 33.0 Å². The molecule has 0 aliphatic heterocycles. The van der Waals surface area contributed by atoms with E-state index in [2.05, 4.69) is 15.9 Å². The summed E-state index contributed by atoms with van der Waals surface area (Å²) in [6, 6.07) is 0. The molecule has 0 aromatic heterocycles. The topological polar surface area (TPSA) is 101 Å². The Hall–Kier alpha value is -0.620. The summed E-state index contributed by atoms with van der Waals surface area (Å²) in [4.78, 5) is 21.9. The number of carboxylic acids is 1. The molecule has 1 saturated carbocycles. The first-order chi connectivity index (χ1) is 6.40. The highest BCUT2D eigenvalue weighted by Crippen LogP contribution is 2.39. The van der Waals surface area contributed by atoms with Crippen LogP contribution in [0.4, 0.5) is 0 Å². The van der Waals surface area contributed by atoms with Gasteiger partial charge >= 0.3 is 5.97 Å². The van der Waals surface area contributed by atoms with Crippen molar-refractivity contribution in [1.82, 2.24) is 0 Å². The van der Waals surface area contributed by atoms with Gasteiger partial charge in [-0.15, -0.1) is 0 Å². The molecule has 0 spiro atoms. The number of halogens is 1. The highest BCUT2D eigenvalue weighted by Gasteiger charge is 2.50. The number of carboxylic acid groups (broad SMARTS) is 1. The maximum atomic E-state index is 11.1. The molecule has 0 saturated heterocycles. The molecule has 14 heavy (non-hydrogen) atoms. The Morgan fingerprint density at radius 3 is 2.43 bits per heavy atom. The van der Waals surface area contributed by atoms with E-state index in [9.17, 15) is 14.7 Å². The molecule has 1 fully saturated rings. The van der Waals surface area contributed by atoms with E-state index in [0.29, 0.717) is 6.42 Å². The van der Waals surface area contributed by atoms with Crippen LogP contribution in [0, 0.1) is 5.41 Å². The van der Waals surface area contributed by atoms with Gasteiger partial charge in [0.15, 0.2) is 0 Å². The molecule has 0 radical (unpaired) electrons. The van der Waals surface area contributed by atoms with Crippen LogP contribution in [0.3, 0.4) is 0 Å². The fourth-order valence-electron chi connectivity index (χ4n) is 1.69. The fourth-order valence-corrected chi connectivity index (χ4v) is 2.10. The zero-order valence-electron chi connectivity index (χ0n) is 7.44. The number of carbonyl (C=O) groups excluding carboxylic acids is 1. The molecule has 0 aromatic rings. The fraction of sp³-hybridized carbons (Fsp3) is 0.750. The van der Waals surface area contributed by atoms with Gasteiger partial charge in [-0.1, -0.05) is 15.9 Å². The lowest BCUT2D eigenvalue weighted by atomic mass is 9.72. The predicted molar refractivity (Wildman–Crippen MR) is 51.8 cm³/mol. The summed E-state index contributed by atoms with van der Waals surface area (Å²) in [6.45, 7) is 0. The molecule has 4 N–H and O–H groups in total. The van der Waals surface area contributed by atoms with Gasteiger partial charge in [-0.2, -0.15) is 0 Å². The SMILES string of the molecule is NC(=O)[C@]1(C(=O)O)CC[C@@H](Br)[C@@H](O)C1. The van der Waals surface area contributed by atoms with Gasteiger partial charge in [0.25, 0.3) is 0 Å². The van der Waals surface area contributed by atoms with E-state index in [1.807, 2.05) is 0 Å². The van der Waals surface area contributed by atoms with E-state index in [1.165, 1.54) is 0 Å². The highest BCUT2D eigenvalue weighted by atomic mass is 79.9. The number of rotatable bonds is 2. The molecule has 1 rings (SSSR count). The van der Waals surface area contributed by atoms with Crippen LogP contribution in [0.2, 0.25) is 0 Å². The zero-order valence-corrected chi connectivity index (χ0v) is 9.03. The number of aliphatic carboxylic acids is 1. The number of alkyl halides is 1. The van der Waals surface area contributed by atoms with Crippen LogP contribution < -0.4 is 5.73 Å². The van der Waals surface area contributed by atoms with Crippen molar-refractivity contribution in [3.05, 3.63) is 0 Å². The van der Waals surface area contributed by atoms with Crippen LogP contribution in [0.1, 0.15) is 19.3 Å². The first kappa shape index (κ1) is 11.5. The molecular weight excluding hydrogens is 254 g/mol. The van der Waals surface area contributed by atoms with Gasteiger partial charge in [-0.3, -0.25) is 9.59 Å². The second-order valence-corrected chi connectivity index (χ2v) is 4.75. The molecule has 0 aromatic carbocycles. The molecule has 5 nitrogen and oxygen atoms in total. The quantitative estimate of drug-likeness (QED) is 0.478. The minimum atomic E-state index is -1.59. The number of primary amides is 1. The number of hydrogen-bond acceptors (Lipinski definition) is 3. The molecule has 80 valence electrons. The number of aliphatic hydroxyl groups excluding tert-OH is 1. The number of aliphatic hydroxyl groups is 1. The molecule has 6 heteroatoms. The van der Waals surface area contributed by atoms with Crippen molar-refractivity contribution in [1.29, 1.82) is 0 Å². The van der Waals surface area contributed by atoms with Crippen LogP contribution in [-0.2, 0) is 9.59 Å². The summed E-state index contributed by atoms with van der Waals surface area (Å²) in [5.74, 6) is -2.12. The van der Waals surface area contributed by atoms with E-state index in [1.54, 1.807) is 0 Å². The van der Waals surface area contributed by atoms with Gasteiger partial charge in [0.05, 0.1) is 6.10 Å². The van der Waals surface area contributed by atoms with Crippen molar-refractivity contribution < 1.29 is 19.8 Å². The Balaban J connectivity index is 2.91. The van der Waals surface area contributed by atoms with Crippen LogP contribution in [0.25, 0.3) is 0 Å². The van der Waals surface area contributed by atoms with Gasteiger partial charge in [0.1, 0.15) is 5.41 Å². The van der Waals surface area contributed by atoms with Crippen molar-refractivity contribution in [3.8, 4) is 0 Å². The largest absolute Gasteiger partial charge is 0.480 e. The second kappa shape index (κ2) is 3.86.